The number of hydrogen-bond donors (Lipinski definition) is 1. The highest BCUT2D eigenvalue weighted by molar-refractivity contribution is 5.17. The number of aliphatic hydroxyl groups is 1. The normalized spacial score (nSPS) is 52.0. The Balaban J connectivity index is 1.99. The van der Waals surface area contributed by atoms with E-state index in [1.165, 1.54) is 44.9 Å². The van der Waals surface area contributed by atoms with Crippen LogP contribution in [0.5, 0.6) is 0 Å². The maximum absolute atomic E-state index is 9.99. The van der Waals surface area contributed by atoms with E-state index in [9.17, 15) is 5.11 Å². The van der Waals surface area contributed by atoms with Gasteiger partial charge in [0.15, 0.2) is 0 Å². The molecule has 5 atom stereocenters. The van der Waals surface area contributed by atoms with Gasteiger partial charge in [0.2, 0.25) is 0 Å². The predicted molar refractivity (Wildman–Crippen MR) is 84.5 cm³/mol. The molecular weight excluding hydrogens is 244 g/mol. The summed E-state index contributed by atoms with van der Waals surface area (Å²) in [6, 6.07) is 0. The maximum Gasteiger partial charge on any atom is 0.0487 e. The quantitative estimate of drug-likeness (QED) is 0.672. The number of allylic oxidation sites excluding steroid dienone is 2. The summed E-state index contributed by atoms with van der Waals surface area (Å²) in [4.78, 5) is 0. The molecule has 0 saturated heterocycles. The summed E-state index contributed by atoms with van der Waals surface area (Å²) in [7, 11) is 0. The monoisotopic (exact) mass is 276 g/mol. The average molecular weight is 276 g/mol. The van der Waals surface area contributed by atoms with Crippen LogP contribution in [0.1, 0.15) is 72.6 Å². The van der Waals surface area contributed by atoms with E-state index in [-0.39, 0.29) is 5.41 Å². The summed E-state index contributed by atoms with van der Waals surface area (Å²) in [5.74, 6) is 1.54. The van der Waals surface area contributed by atoms with Gasteiger partial charge in [-0.3, -0.25) is 0 Å². The third-order valence-electron chi connectivity index (χ3n) is 7.49. The standard InChI is InChI=1S/C19H32O/c1-14-6-7-15-17(2,12-14)11-8-16-18(3,13-20)9-5-10-19(15,16)4/h6,15-16,20H,5,7-13H2,1-4H3/t15-,16-,17-,18?,19+/m1/s1. The Kier molecular flexibility index (Phi) is 3.36. The Bertz CT molecular complexity index is 425. The van der Waals surface area contributed by atoms with Gasteiger partial charge in [-0.1, -0.05) is 38.8 Å². The smallest absolute Gasteiger partial charge is 0.0487 e. The summed E-state index contributed by atoms with van der Waals surface area (Å²) in [6.07, 6.45) is 11.7. The molecule has 3 aliphatic rings. The summed E-state index contributed by atoms with van der Waals surface area (Å²) >= 11 is 0. The van der Waals surface area contributed by atoms with Crippen molar-refractivity contribution in [2.45, 2.75) is 72.6 Å². The molecule has 0 aliphatic heterocycles. The number of aliphatic hydroxyl groups excluding tert-OH is 1. The molecule has 0 heterocycles. The Hall–Kier alpha value is -0.300. The SMILES string of the molecule is CC1=CC[C@@H]2[C@](C)(CC[C@@H]3C(C)(CO)CCC[C@]32C)C1. The molecule has 2 fully saturated rings. The topological polar surface area (TPSA) is 20.2 Å². The summed E-state index contributed by atoms with van der Waals surface area (Å²) < 4.78 is 0. The van der Waals surface area contributed by atoms with Crippen LogP contribution in [0.25, 0.3) is 0 Å². The lowest BCUT2D eigenvalue weighted by atomic mass is 9.41. The first-order chi connectivity index (χ1) is 9.34. The number of rotatable bonds is 1. The lowest BCUT2D eigenvalue weighted by Crippen LogP contribution is -2.56. The molecule has 114 valence electrons. The van der Waals surface area contributed by atoms with Crippen LogP contribution < -0.4 is 0 Å². The van der Waals surface area contributed by atoms with Crippen molar-refractivity contribution in [2.24, 2.45) is 28.1 Å². The van der Waals surface area contributed by atoms with Crippen molar-refractivity contribution in [2.75, 3.05) is 6.61 Å². The fourth-order valence-corrected chi connectivity index (χ4v) is 6.54. The molecule has 1 heteroatoms. The predicted octanol–water partition coefficient (Wildman–Crippen LogP) is 4.95. The van der Waals surface area contributed by atoms with E-state index in [1.54, 1.807) is 5.57 Å². The van der Waals surface area contributed by atoms with E-state index in [1.807, 2.05) is 0 Å². The van der Waals surface area contributed by atoms with Crippen molar-refractivity contribution in [3.05, 3.63) is 11.6 Å². The average Bonchev–Trinajstić information content (AvgIpc) is 2.37. The number of fused-ring (bicyclic) bond motifs is 3. The largest absolute Gasteiger partial charge is 0.396 e. The van der Waals surface area contributed by atoms with Crippen molar-refractivity contribution in [3.63, 3.8) is 0 Å². The van der Waals surface area contributed by atoms with E-state index in [0.29, 0.717) is 17.4 Å². The minimum absolute atomic E-state index is 0.171. The highest BCUT2D eigenvalue weighted by Gasteiger charge is 2.59. The highest BCUT2D eigenvalue weighted by Crippen LogP contribution is 2.67. The first kappa shape index (κ1) is 14.6. The van der Waals surface area contributed by atoms with E-state index in [2.05, 4.69) is 33.8 Å². The zero-order chi connectivity index (χ0) is 14.6. The van der Waals surface area contributed by atoms with E-state index in [0.717, 1.165) is 11.8 Å². The summed E-state index contributed by atoms with van der Waals surface area (Å²) in [5, 5.41) is 9.99. The maximum atomic E-state index is 9.99. The highest BCUT2D eigenvalue weighted by atomic mass is 16.3. The summed E-state index contributed by atoms with van der Waals surface area (Å²) in [6.45, 7) is 10.1. The summed E-state index contributed by atoms with van der Waals surface area (Å²) in [5.41, 5.74) is 2.73. The van der Waals surface area contributed by atoms with Crippen LogP contribution in [0.3, 0.4) is 0 Å². The van der Waals surface area contributed by atoms with Crippen molar-refractivity contribution in [3.8, 4) is 0 Å². The van der Waals surface area contributed by atoms with Gasteiger partial charge >= 0.3 is 0 Å². The van der Waals surface area contributed by atoms with Crippen LogP contribution in [-0.2, 0) is 0 Å². The molecule has 0 radical (unpaired) electrons. The molecule has 0 aromatic heterocycles. The van der Waals surface area contributed by atoms with Crippen LogP contribution >= 0.6 is 0 Å². The van der Waals surface area contributed by atoms with Gasteiger partial charge in [-0.2, -0.15) is 0 Å². The Morgan fingerprint density at radius 1 is 1.15 bits per heavy atom. The van der Waals surface area contributed by atoms with E-state index < -0.39 is 0 Å². The van der Waals surface area contributed by atoms with Gasteiger partial charge in [0.1, 0.15) is 0 Å². The molecule has 3 rings (SSSR count). The zero-order valence-corrected chi connectivity index (χ0v) is 13.8. The first-order valence-electron chi connectivity index (χ1n) is 8.61. The molecule has 0 bridgehead atoms. The molecule has 0 spiro atoms. The lowest BCUT2D eigenvalue weighted by Gasteiger charge is -2.64. The Morgan fingerprint density at radius 3 is 2.60 bits per heavy atom. The first-order valence-corrected chi connectivity index (χ1v) is 8.61. The van der Waals surface area contributed by atoms with Gasteiger partial charge in [-0.05, 0) is 73.5 Å². The van der Waals surface area contributed by atoms with Gasteiger partial charge in [-0.15, -0.1) is 0 Å². The lowest BCUT2D eigenvalue weighted by molar-refractivity contribution is -0.147. The van der Waals surface area contributed by atoms with Gasteiger partial charge in [-0.25, -0.2) is 0 Å². The number of hydrogen-bond acceptors (Lipinski definition) is 1. The zero-order valence-electron chi connectivity index (χ0n) is 13.8. The third-order valence-corrected chi connectivity index (χ3v) is 7.49. The molecule has 0 amide bonds. The molecule has 0 aromatic rings. The van der Waals surface area contributed by atoms with Gasteiger partial charge < -0.3 is 5.11 Å². The van der Waals surface area contributed by atoms with Crippen molar-refractivity contribution in [1.82, 2.24) is 0 Å². The Labute approximate surface area is 124 Å². The molecule has 1 unspecified atom stereocenters. The molecular formula is C19H32O. The van der Waals surface area contributed by atoms with Crippen LogP contribution in [0.2, 0.25) is 0 Å². The minimum atomic E-state index is 0.171. The van der Waals surface area contributed by atoms with Crippen LogP contribution in [0.15, 0.2) is 11.6 Å². The van der Waals surface area contributed by atoms with Gasteiger partial charge in [0.05, 0.1) is 0 Å². The molecule has 2 saturated carbocycles. The second-order valence-electron chi connectivity index (χ2n) is 8.93. The molecule has 3 aliphatic carbocycles. The fourth-order valence-electron chi connectivity index (χ4n) is 6.54. The van der Waals surface area contributed by atoms with E-state index in [4.69, 9.17) is 0 Å². The van der Waals surface area contributed by atoms with Crippen LogP contribution in [0, 0.1) is 28.1 Å². The molecule has 0 aromatic carbocycles. The Morgan fingerprint density at radius 2 is 1.90 bits per heavy atom. The van der Waals surface area contributed by atoms with Crippen LogP contribution in [-0.4, -0.2) is 11.7 Å². The van der Waals surface area contributed by atoms with Gasteiger partial charge in [0, 0.05) is 6.61 Å². The van der Waals surface area contributed by atoms with Crippen LogP contribution in [0.4, 0.5) is 0 Å². The third kappa shape index (κ3) is 1.92. The van der Waals surface area contributed by atoms with Crippen molar-refractivity contribution >= 4 is 0 Å². The second-order valence-corrected chi connectivity index (χ2v) is 8.93. The van der Waals surface area contributed by atoms with Gasteiger partial charge in [0.25, 0.3) is 0 Å². The fraction of sp³-hybridized carbons (Fsp3) is 0.895. The van der Waals surface area contributed by atoms with Crippen molar-refractivity contribution in [1.29, 1.82) is 0 Å². The second kappa shape index (κ2) is 4.60. The molecule has 20 heavy (non-hydrogen) atoms. The minimum Gasteiger partial charge on any atom is -0.396 e. The van der Waals surface area contributed by atoms with E-state index >= 15 is 0 Å². The molecule has 1 nitrogen and oxygen atoms in total. The molecule has 1 N–H and O–H groups in total. The van der Waals surface area contributed by atoms with Crippen molar-refractivity contribution < 1.29 is 5.11 Å².